The van der Waals surface area contributed by atoms with E-state index in [0.29, 0.717) is 12.2 Å². The average Bonchev–Trinajstić information content (AvgIpc) is 2.69. The lowest BCUT2D eigenvalue weighted by Gasteiger charge is -2.28. The molecule has 5 heteroatoms. The lowest BCUT2D eigenvalue weighted by molar-refractivity contribution is -0.274. The van der Waals surface area contributed by atoms with Crippen LogP contribution in [-0.2, 0) is 5.41 Å². The molecule has 0 saturated carbocycles. The fourth-order valence-electron chi connectivity index (χ4n) is 3.25. The van der Waals surface area contributed by atoms with Crippen molar-refractivity contribution in [1.29, 1.82) is 0 Å². The Balaban J connectivity index is 2.39. The van der Waals surface area contributed by atoms with Crippen molar-refractivity contribution in [2.24, 2.45) is 0 Å². The predicted octanol–water partition coefficient (Wildman–Crippen LogP) is 4.85. The first-order valence-corrected chi connectivity index (χ1v) is 7.05. The van der Waals surface area contributed by atoms with E-state index in [9.17, 15) is 13.2 Å². The maximum atomic E-state index is 12.4. The van der Waals surface area contributed by atoms with E-state index >= 15 is 0 Å². The molecule has 1 N–H and O–H groups in total. The molecule has 112 valence electrons. The summed E-state index contributed by atoms with van der Waals surface area (Å²) >= 11 is 0. The van der Waals surface area contributed by atoms with Crippen molar-refractivity contribution in [2.75, 3.05) is 11.9 Å². The summed E-state index contributed by atoms with van der Waals surface area (Å²) in [5, 5.41) is 3.13. The minimum absolute atomic E-state index is 0.0657. The van der Waals surface area contributed by atoms with Crippen molar-refractivity contribution in [3.8, 4) is 5.75 Å². The van der Waals surface area contributed by atoms with Crippen molar-refractivity contribution in [2.45, 2.75) is 51.3 Å². The second kappa shape index (κ2) is 5.54. The Kier molecular flexibility index (Phi) is 4.16. The predicted molar refractivity (Wildman–Crippen MR) is 73.1 cm³/mol. The molecule has 0 unspecified atom stereocenters. The number of ether oxygens (including phenoxy) is 1. The van der Waals surface area contributed by atoms with Gasteiger partial charge in [0.25, 0.3) is 0 Å². The van der Waals surface area contributed by atoms with Crippen LogP contribution in [0.1, 0.15) is 45.1 Å². The van der Waals surface area contributed by atoms with Crippen LogP contribution in [0.5, 0.6) is 5.75 Å². The van der Waals surface area contributed by atoms with Gasteiger partial charge in [0.15, 0.2) is 5.75 Å². The van der Waals surface area contributed by atoms with Crippen molar-refractivity contribution < 1.29 is 17.9 Å². The first-order chi connectivity index (χ1) is 9.42. The first-order valence-electron chi connectivity index (χ1n) is 7.05. The molecule has 0 spiro atoms. The molecule has 2 nitrogen and oxygen atoms in total. The summed E-state index contributed by atoms with van der Waals surface area (Å²) in [6, 6.07) is 4.93. The third-order valence-corrected chi connectivity index (χ3v) is 3.88. The van der Waals surface area contributed by atoms with Crippen molar-refractivity contribution in [3.05, 3.63) is 23.8 Å². The summed E-state index contributed by atoms with van der Waals surface area (Å²) in [6.07, 6.45) is -0.707. The molecule has 0 radical (unpaired) electrons. The van der Waals surface area contributed by atoms with Gasteiger partial charge in [-0.25, -0.2) is 0 Å². The van der Waals surface area contributed by atoms with Gasteiger partial charge in [-0.2, -0.15) is 0 Å². The lowest BCUT2D eigenvalue weighted by Crippen LogP contribution is -2.28. The number of nitrogens with one attached hydrogen (secondary N) is 1. The number of halogens is 3. The molecule has 20 heavy (non-hydrogen) atoms. The zero-order valence-corrected chi connectivity index (χ0v) is 11.8. The number of anilines is 1. The van der Waals surface area contributed by atoms with Gasteiger partial charge in [-0.3, -0.25) is 0 Å². The van der Waals surface area contributed by atoms with Crippen LogP contribution in [0.4, 0.5) is 18.9 Å². The number of alkyl halides is 3. The van der Waals surface area contributed by atoms with Gasteiger partial charge in [-0.15, -0.1) is 13.2 Å². The van der Waals surface area contributed by atoms with Gasteiger partial charge in [0.05, 0.1) is 5.69 Å². The Hall–Kier alpha value is -1.39. The molecular formula is C15H20F3NO. The number of para-hydroxylation sites is 1. The molecule has 0 bridgehead atoms. The van der Waals surface area contributed by atoms with Gasteiger partial charge in [-0.05, 0) is 24.5 Å². The fourth-order valence-corrected chi connectivity index (χ4v) is 3.25. The highest BCUT2D eigenvalue weighted by molar-refractivity contribution is 5.68. The van der Waals surface area contributed by atoms with Crippen molar-refractivity contribution in [3.63, 3.8) is 0 Å². The van der Waals surface area contributed by atoms with Gasteiger partial charge < -0.3 is 10.1 Å². The normalized spacial score (nSPS) is 16.6. The largest absolute Gasteiger partial charge is 0.573 e. The molecule has 0 fully saturated rings. The SMILES string of the molecule is CCCC1(CCC)CNc2c(OC(F)(F)F)cccc21. The van der Waals surface area contributed by atoms with E-state index in [1.54, 1.807) is 6.07 Å². The number of hydrogen-bond donors (Lipinski definition) is 1. The fraction of sp³-hybridized carbons (Fsp3) is 0.600. The first kappa shape index (κ1) is 15.0. The topological polar surface area (TPSA) is 21.3 Å². The van der Waals surface area contributed by atoms with Crippen LogP contribution in [0.15, 0.2) is 18.2 Å². The van der Waals surface area contributed by atoms with E-state index in [1.165, 1.54) is 6.07 Å². The maximum Gasteiger partial charge on any atom is 0.573 e. The third-order valence-electron chi connectivity index (χ3n) is 3.88. The molecule has 0 aromatic heterocycles. The monoisotopic (exact) mass is 287 g/mol. The van der Waals surface area contributed by atoms with Crippen molar-refractivity contribution >= 4 is 5.69 Å². The second-order valence-electron chi connectivity index (χ2n) is 5.36. The highest BCUT2D eigenvalue weighted by Crippen LogP contribution is 2.47. The molecule has 0 saturated heterocycles. The van der Waals surface area contributed by atoms with Crippen LogP contribution in [0.25, 0.3) is 0 Å². The molecule has 1 aliphatic heterocycles. The Labute approximate surface area is 117 Å². The second-order valence-corrected chi connectivity index (χ2v) is 5.36. The van der Waals surface area contributed by atoms with Gasteiger partial charge in [-0.1, -0.05) is 38.8 Å². The number of hydrogen-bond acceptors (Lipinski definition) is 2. The third kappa shape index (κ3) is 2.86. The van der Waals surface area contributed by atoms with E-state index in [4.69, 9.17) is 0 Å². The maximum absolute atomic E-state index is 12.4. The van der Waals surface area contributed by atoms with E-state index in [-0.39, 0.29) is 11.2 Å². The number of rotatable bonds is 5. The summed E-state index contributed by atoms with van der Waals surface area (Å²) in [6.45, 7) is 4.89. The molecular weight excluding hydrogens is 267 g/mol. The van der Waals surface area contributed by atoms with Crippen LogP contribution in [0, 0.1) is 0 Å². The van der Waals surface area contributed by atoms with Gasteiger partial charge in [0, 0.05) is 12.0 Å². The molecule has 1 aromatic carbocycles. The van der Waals surface area contributed by atoms with Crippen LogP contribution < -0.4 is 10.1 Å². The minimum Gasteiger partial charge on any atom is -0.404 e. The highest BCUT2D eigenvalue weighted by atomic mass is 19.4. The molecule has 1 heterocycles. The van der Waals surface area contributed by atoms with E-state index in [0.717, 1.165) is 31.2 Å². The van der Waals surface area contributed by atoms with E-state index < -0.39 is 6.36 Å². The molecule has 0 aliphatic carbocycles. The standard InChI is InChI=1S/C15H20F3NO/c1-3-8-14(9-4-2)10-19-13-11(14)6-5-7-12(13)20-15(16,17)18/h5-7,19H,3-4,8-10H2,1-2H3. The molecule has 0 amide bonds. The smallest absolute Gasteiger partial charge is 0.404 e. The average molecular weight is 287 g/mol. The Bertz CT molecular complexity index is 465. The number of fused-ring (bicyclic) bond motifs is 1. The molecule has 0 atom stereocenters. The summed E-state index contributed by atoms with van der Waals surface area (Å²) in [5.41, 5.74) is 1.40. The summed E-state index contributed by atoms with van der Waals surface area (Å²) < 4.78 is 41.5. The van der Waals surface area contributed by atoms with Gasteiger partial charge >= 0.3 is 6.36 Å². The number of benzene rings is 1. The van der Waals surface area contributed by atoms with Gasteiger partial charge in [0.2, 0.25) is 0 Å². The quantitative estimate of drug-likeness (QED) is 0.836. The van der Waals surface area contributed by atoms with Crippen LogP contribution in [0.3, 0.4) is 0 Å². The molecule has 1 aromatic rings. The van der Waals surface area contributed by atoms with Gasteiger partial charge in [0.1, 0.15) is 0 Å². The Morgan fingerprint density at radius 1 is 1.20 bits per heavy atom. The molecule has 1 aliphatic rings. The lowest BCUT2D eigenvalue weighted by atomic mass is 9.75. The highest BCUT2D eigenvalue weighted by Gasteiger charge is 2.40. The summed E-state index contributed by atoms with van der Waals surface area (Å²) in [5.74, 6) is -0.121. The molecule has 2 rings (SSSR count). The zero-order valence-electron chi connectivity index (χ0n) is 11.8. The zero-order chi connectivity index (χ0) is 14.8. The minimum atomic E-state index is -4.66. The van der Waals surface area contributed by atoms with Crippen LogP contribution in [0.2, 0.25) is 0 Å². The Morgan fingerprint density at radius 3 is 2.40 bits per heavy atom. The van der Waals surface area contributed by atoms with Crippen molar-refractivity contribution in [1.82, 2.24) is 0 Å². The van der Waals surface area contributed by atoms with E-state index in [2.05, 4.69) is 23.9 Å². The Morgan fingerprint density at radius 2 is 1.85 bits per heavy atom. The summed E-state index contributed by atoms with van der Waals surface area (Å²) in [4.78, 5) is 0. The van der Waals surface area contributed by atoms with Crippen LogP contribution in [-0.4, -0.2) is 12.9 Å². The summed E-state index contributed by atoms with van der Waals surface area (Å²) in [7, 11) is 0. The van der Waals surface area contributed by atoms with Crippen LogP contribution >= 0.6 is 0 Å². The van der Waals surface area contributed by atoms with E-state index in [1.807, 2.05) is 6.07 Å².